The van der Waals surface area contributed by atoms with Crippen molar-refractivity contribution in [2.45, 2.75) is 0 Å². The van der Waals surface area contributed by atoms with Crippen LogP contribution in [0.3, 0.4) is 0 Å². The molecule has 3 aromatic rings. The van der Waals surface area contributed by atoms with Gasteiger partial charge in [0, 0.05) is 22.7 Å². The maximum Gasteiger partial charge on any atom is 0.162 e. The molecule has 2 N–H and O–H groups in total. The zero-order valence-electron chi connectivity index (χ0n) is 11.1. The molecule has 0 saturated carbocycles. The predicted octanol–water partition coefficient (Wildman–Crippen LogP) is 4.34. The highest BCUT2D eigenvalue weighted by atomic mass is 32.1. The summed E-state index contributed by atoms with van der Waals surface area (Å²) in [5, 5.41) is 4.35. The molecule has 4 rings (SSSR count). The number of aromatic amines is 1. The van der Waals surface area contributed by atoms with Gasteiger partial charge >= 0.3 is 0 Å². The van der Waals surface area contributed by atoms with E-state index in [2.05, 4.69) is 16.4 Å². The average molecular weight is 292 g/mol. The highest BCUT2D eigenvalue weighted by molar-refractivity contribution is 7.81. The molecule has 0 radical (unpaired) electrons. The third-order valence-corrected chi connectivity index (χ3v) is 3.79. The van der Waals surface area contributed by atoms with Crippen molar-refractivity contribution in [2.75, 3.05) is 5.32 Å². The molecule has 102 valence electrons. The van der Waals surface area contributed by atoms with Gasteiger partial charge in [0.25, 0.3) is 0 Å². The van der Waals surface area contributed by atoms with Crippen LogP contribution in [0.4, 0.5) is 5.69 Å². The molecule has 1 aliphatic heterocycles. The average Bonchev–Trinajstić information content (AvgIpc) is 2.91. The summed E-state index contributed by atoms with van der Waals surface area (Å²) in [5.74, 6) is 1.45. The zero-order valence-corrected chi connectivity index (χ0v) is 11.9. The van der Waals surface area contributed by atoms with E-state index in [0.29, 0.717) is 10.7 Å². The standard InChI is InChI=1S/C17H12N2OS/c21-17-16(20-15-8-4-3-7-14(15)19-17)9-11-10-18-13-6-2-1-5-12(11)13/h1-10,18H,(H,19,21). The summed E-state index contributed by atoms with van der Waals surface area (Å²) in [6.07, 6.45) is 3.92. The number of aromatic nitrogens is 1. The molecule has 0 amide bonds. The number of ether oxygens (including phenoxy) is 1. The van der Waals surface area contributed by atoms with Gasteiger partial charge in [0.15, 0.2) is 11.5 Å². The Morgan fingerprint density at radius 1 is 1.00 bits per heavy atom. The van der Waals surface area contributed by atoms with Gasteiger partial charge < -0.3 is 15.0 Å². The Balaban J connectivity index is 1.78. The molecular formula is C17H12N2OS. The van der Waals surface area contributed by atoms with E-state index in [1.807, 2.05) is 54.7 Å². The number of para-hydroxylation sites is 3. The van der Waals surface area contributed by atoms with Crippen molar-refractivity contribution in [2.24, 2.45) is 0 Å². The number of hydrogen-bond acceptors (Lipinski definition) is 2. The Morgan fingerprint density at radius 3 is 2.76 bits per heavy atom. The number of fused-ring (bicyclic) bond motifs is 2. The fourth-order valence-electron chi connectivity index (χ4n) is 2.46. The monoisotopic (exact) mass is 292 g/mol. The lowest BCUT2D eigenvalue weighted by molar-refractivity contribution is 0.457. The Hall–Kier alpha value is -2.59. The summed E-state index contributed by atoms with van der Waals surface area (Å²) < 4.78 is 5.91. The lowest BCUT2D eigenvalue weighted by Gasteiger charge is -2.21. The highest BCUT2D eigenvalue weighted by Crippen LogP contribution is 2.32. The van der Waals surface area contributed by atoms with Crippen molar-refractivity contribution in [3.05, 3.63) is 66.1 Å². The van der Waals surface area contributed by atoms with Crippen molar-refractivity contribution in [3.8, 4) is 5.75 Å². The summed E-state index contributed by atoms with van der Waals surface area (Å²) in [4.78, 5) is 3.84. The van der Waals surface area contributed by atoms with Crippen LogP contribution in [0.1, 0.15) is 5.56 Å². The number of thiocarbonyl (C=S) groups is 1. The summed E-state index contributed by atoms with van der Waals surface area (Å²) in [5.41, 5.74) is 3.06. The first kappa shape index (κ1) is 12.2. The van der Waals surface area contributed by atoms with Crippen LogP contribution in [0.25, 0.3) is 17.0 Å². The molecular weight excluding hydrogens is 280 g/mol. The van der Waals surface area contributed by atoms with Crippen LogP contribution in [0, 0.1) is 0 Å². The molecule has 0 aliphatic carbocycles. The van der Waals surface area contributed by atoms with Crippen LogP contribution in [0.2, 0.25) is 0 Å². The lowest BCUT2D eigenvalue weighted by Crippen LogP contribution is -2.21. The molecule has 0 spiro atoms. The predicted molar refractivity (Wildman–Crippen MR) is 89.6 cm³/mol. The molecule has 1 aromatic heterocycles. The molecule has 2 heterocycles. The quantitative estimate of drug-likeness (QED) is 0.517. The summed E-state index contributed by atoms with van der Waals surface area (Å²) in [7, 11) is 0. The Morgan fingerprint density at radius 2 is 1.81 bits per heavy atom. The van der Waals surface area contributed by atoms with E-state index in [-0.39, 0.29) is 0 Å². The molecule has 1 aliphatic rings. The van der Waals surface area contributed by atoms with Gasteiger partial charge in [-0.1, -0.05) is 42.5 Å². The van der Waals surface area contributed by atoms with Crippen LogP contribution >= 0.6 is 12.2 Å². The molecule has 21 heavy (non-hydrogen) atoms. The van der Waals surface area contributed by atoms with Crippen LogP contribution < -0.4 is 10.1 Å². The number of rotatable bonds is 1. The number of benzene rings is 2. The van der Waals surface area contributed by atoms with Gasteiger partial charge in [-0.05, 0) is 24.3 Å². The lowest BCUT2D eigenvalue weighted by atomic mass is 10.1. The van der Waals surface area contributed by atoms with E-state index in [1.165, 1.54) is 0 Å². The molecule has 0 bridgehead atoms. The molecule has 3 nitrogen and oxygen atoms in total. The topological polar surface area (TPSA) is 37.0 Å². The van der Waals surface area contributed by atoms with Gasteiger partial charge in [0.1, 0.15) is 4.99 Å². The second kappa shape index (κ2) is 4.75. The van der Waals surface area contributed by atoms with Crippen LogP contribution in [0.5, 0.6) is 5.75 Å². The third-order valence-electron chi connectivity index (χ3n) is 3.49. The van der Waals surface area contributed by atoms with E-state index in [4.69, 9.17) is 17.0 Å². The van der Waals surface area contributed by atoms with Gasteiger partial charge in [-0.25, -0.2) is 0 Å². The summed E-state index contributed by atoms with van der Waals surface area (Å²) in [6, 6.07) is 15.9. The van der Waals surface area contributed by atoms with Crippen molar-refractivity contribution in [1.29, 1.82) is 0 Å². The third kappa shape index (κ3) is 2.10. The Kier molecular flexibility index (Phi) is 2.75. The summed E-state index contributed by atoms with van der Waals surface area (Å²) in [6.45, 7) is 0. The minimum Gasteiger partial charge on any atom is -0.452 e. The minimum absolute atomic E-state index is 0.596. The number of H-pyrrole nitrogens is 1. The second-order valence-electron chi connectivity index (χ2n) is 4.85. The minimum atomic E-state index is 0.596. The van der Waals surface area contributed by atoms with E-state index in [0.717, 1.165) is 27.9 Å². The Labute approximate surface area is 127 Å². The maximum absolute atomic E-state index is 5.91. The van der Waals surface area contributed by atoms with Crippen molar-refractivity contribution in [1.82, 2.24) is 4.98 Å². The summed E-state index contributed by atoms with van der Waals surface area (Å²) >= 11 is 5.38. The van der Waals surface area contributed by atoms with Crippen LogP contribution in [0.15, 0.2) is 60.5 Å². The zero-order chi connectivity index (χ0) is 14.2. The first-order valence-electron chi connectivity index (χ1n) is 6.67. The second-order valence-corrected chi connectivity index (χ2v) is 5.26. The van der Waals surface area contributed by atoms with E-state index < -0.39 is 0 Å². The van der Waals surface area contributed by atoms with Gasteiger partial charge in [-0.2, -0.15) is 0 Å². The molecule has 4 heteroatoms. The Bertz CT molecular complexity index is 879. The molecule has 0 fully saturated rings. The van der Waals surface area contributed by atoms with E-state index in [9.17, 15) is 0 Å². The molecule has 0 saturated heterocycles. The fourth-order valence-corrected chi connectivity index (χ4v) is 2.67. The van der Waals surface area contributed by atoms with Crippen molar-refractivity contribution in [3.63, 3.8) is 0 Å². The first-order chi connectivity index (χ1) is 10.3. The SMILES string of the molecule is S=C1Nc2ccccc2OC1=Cc1c[nH]c2ccccc12. The maximum atomic E-state index is 5.91. The van der Waals surface area contributed by atoms with E-state index >= 15 is 0 Å². The van der Waals surface area contributed by atoms with Crippen LogP contribution in [-0.2, 0) is 0 Å². The van der Waals surface area contributed by atoms with Gasteiger partial charge in [-0.3, -0.25) is 0 Å². The van der Waals surface area contributed by atoms with Crippen LogP contribution in [-0.4, -0.2) is 9.97 Å². The van der Waals surface area contributed by atoms with Gasteiger partial charge in [0.2, 0.25) is 0 Å². The number of nitrogens with one attached hydrogen (secondary N) is 2. The van der Waals surface area contributed by atoms with Crippen molar-refractivity contribution >= 4 is 39.9 Å². The number of anilines is 1. The molecule has 0 unspecified atom stereocenters. The van der Waals surface area contributed by atoms with Crippen molar-refractivity contribution < 1.29 is 4.74 Å². The first-order valence-corrected chi connectivity index (χ1v) is 7.08. The molecule has 2 aromatic carbocycles. The largest absolute Gasteiger partial charge is 0.452 e. The van der Waals surface area contributed by atoms with Gasteiger partial charge in [0.05, 0.1) is 5.69 Å². The fraction of sp³-hybridized carbons (Fsp3) is 0. The highest BCUT2D eigenvalue weighted by Gasteiger charge is 2.18. The molecule has 0 atom stereocenters. The van der Waals surface area contributed by atoms with E-state index in [1.54, 1.807) is 0 Å². The van der Waals surface area contributed by atoms with Gasteiger partial charge in [-0.15, -0.1) is 0 Å². The normalized spacial score (nSPS) is 15.6. The smallest absolute Gasteiger partial charge is 0.162 e. The number of hydrogen-bond donors (Lipinski definition) is 2.